The molecule has 6 unspecified atom stereocenters. The van der Waals surface area contributed by atoms with E-state index in [-0.39, 0.29) is 19.4 Å². The molecule has 0 spiro atoms. The summed E-state index contributed by atoms with van der Waals surface area (Å²) in [7, 11) is 0. The highest BCUT2D eigenvalue weighted by Crippen LogP contribution is 2.23. The van der Waals surface area contributed by atoms with Crippen LogP contribution in [-0.4, -0.2) is 88.4 Å². The van der Waals surface area contributed by atoms with Crippen molar-refractivity contribution >= 4 is 17.9 Å². The summed E-state index contributed by atoms with van der Waals surface area (Å²) < 4.78 is 21.7. The number of rotatable bonds is 41. The van der Waals surface area contributed by atoms with Gasteiger partial charge in [0.15, 0.2) is 18.5 Å². The quantitative estimate of drug-likeness (QED) is 0.0262. The Kier molecular flexibility index (Phi) is 37.7. The molecule has 0 aromatic heterocycles. The molecule has 11 nitrogen and oxygen atoms in total. The van der Waals surface area contributed by atoms with Crippen LogP contribution in [0.3, 0.4) is 0 Å². The number of aliphatic hydroxyl groups is 3. The first-order valence-corrected chi connectivity index (χ1v) is 24.7. The number of esters is 2. The second-order valence-electron chi connectivity index (χ2n) is 16.9. The normalized spacial score (nSPS) is 19.9. The molecule has 0 saturated carbocycles. The van der Waals surface area contributed by atoms with E-state index >= 15 is 0 Å². The van der Waals surface area contributed by atoms with Gasteiger partial charge in [0.25, 0.3) is 0 Å². The Morgan fingerprint density at radius 3 is 1.40 bits per heavy atom. The van der Waals surface area contributed by atoms with Crippen LogP contribution in [-0.2, 0) is 33.3 Å². The zero-order chi connectivity index (χ0) is 45.3. The summed E-state index contributed by atoms with van der Waals surface area (Å²) in [6.45, 7) is 3.65. The van der Waals surface area contributed by atoms with Gasteiger partial charge in [-0.1, -0.05) is 204 Å². The number of allylic oxidation sites excluding steroid dienone is 8. The fourth-order valence-corrected chi connectivity index (χ4v) is 7.36. The molecular weight excluding hydrogens is 789 g/mol. The summed E-state index contributed by atoms with van der Waals surface area (Å²) in [6, 6.07) is 0. The van der Waals surface area contributed by atoms with Crippen molar-refractivity contribution in [3.8, 4) is 0 Å². The highest BCUT2D eigenvalue weighted by Gasteiger charge is 2.47. The molecule has 62 heavy (non-hydrogen) atoms. The molecule has 1 aliphatic heterocycles. The number of ether oxygens (including phenoxy) is 4. The lowest BCUT2D eigenvalue weighted by Crippen LogP contribution is -2.60. The summed E-state index contributed by atoms with van der Waals surface area (Å²) in [5.41, 5.74) is 0. The van der Waals surface area contributed by atoms with E-state index in [9.17, 15) is 34.8 Å². The SMILES string of the molecule is CC/C=C\C/C=C\C/C=C\C/C=C\CCC(=O)OCC(COC1OC(C(=O)O)C(O)C(O)C1O)OC(=O)CCCCCCCCCCCCCCCCCCCCCCCCC. The van der Waals surface area contributed by atoms with Gasteiger partial charge in [-0.25, -0.2) is 4.79 Å². The number of carboxylic acids is 1. The van der Waals surface area contributed by atoms with Gasteiger partial charge >= 0.3 is 17.9 Å². The second kappa shape index (κ2) is 40.9. The van der Waals surface area contributed by atoms with Crippen LogP contribution in [0.4, 0.5) is 0 Å². The zero-order valence-corrected chi connectivity index (χ0v) is 38.9. The van der Waals surface area contributed by atoms with Gasteiger partial charge in [0.05, 0.1) is 6.61 Å². The zero-order valence-electron chi connectivity index (χ0n) is 38.9. The maximum absolute atomic E-state index is 12.8. The highest BCUT2D eigenvalue weighted by molar-refractivity contribution is 5.73. The minimum atomic E-state index is -1.87. The first kappa shape index (κ1) is 57.2. The lowest BCUT2D eigenvalue weighted by molar-refractivity contribution is -0.298. The Labute approximate surface area is 375 Å². The molecule has 1 saturated heterocycles. The Balaban J connectivity index is 2.30. The molecule has 6 atom stereocenters. The summed E-state index contributed by atoms with van der Waals surface area (Å²) in [5, 5.41) is 39.9. The summed E-state index contributed by atoms with van der Waals surface area (Å²) in [4.78, 5) is 36.8. The van der Waals surface area contributed by atoms with Crippen LogP contribution in [0.15, 0.2) is 48.6 Å². The van der Waals surface area contributed by atoms with Crippen LogP contribution >= 0.6 is 0 Å². The van der Waals surface area contributed by atoms with E-state index in [1.54, 1.807) is 0 Å². The molecule has 0 aliphatic carbocycles. The van der Waals surface area contributed by atoms with Gasteiger partial charge in [0, 0.05) is 12.8 Å². The lowest BCUT2D eigenvalue weighted by Gasteiger charge is -2.38. The van der Waals surface area contributed by atoms with Gasteiger partial charge in [0.2, 0.25) is 0 Å². The third-order valence-electron chi connectivity index (χ3n) is 11.2. The number of aliphatic hydroxyl groups excluding tert-OH is 3. The molecule has 1 aliphatic rings. The number of unbranched alkanes of at least 4 members (excludes halogenated alkanes) is 22. The van der Waals surface area contributed by atoms with Crippen molar-refractivity contribution in [3.63, 3.8) is 0 Å². The predicted octanol–water partition coefficient (Wildman–Crippen LogP) is 11.3. The number of carbonyl (C=O) groups excluding carboxylic acids is 2. The van der Waals surface area contributed by atoms with Crippen LogP contribution in [0.2, 0.25) is 0 Å². The maximum Gasteiger partial charge on any atom is 0.335 e. The first-order chi connectivity index (χ1) is 30.2. The van der Waals surface area contributed by atoms with E-state index in [0.717, 1.165) is 44.9 Å². The molecule has 11 heteroatoms. The highest BCUT2D eigenvalue weighted by atomic mass is 16.7. The topological polar surface area (TPSA) is 169 Å². The van der Waals surface area contributed by atoms with Crippen LogP contribution in [0.1, 0.15) is 206 Å². The summed E-state index contributed by atoms with van der Waals surface area (Å²) in [6.07, 6.45) is 40.5. The Bertz CT molecular complexity index is 1210. The van der Waals surface area contributed by atoms with Crippen LogP contribution < -0.4 is 0 Å². The van der Waals surface area contributed by atoms with Gasteiger partial charge in [-0.15, -0.1) is 0 Å². The third-order valence-corrected chi connectivity index (χ3v) is 11.2. The van der Waals surface area contributed by atoms with E-state index in [4.69, 9.17) is 18.9 Å². The van der Waals surface area contributed by atoms with Crippen molar-refractivity contribution in [2.24, 2.45) is 0 Å². The van der Waals surface area contributed by atoms with Gasteiger partial charge in [-0.05, 0) is 38.5 Å². The number of carbonyl (C=O) groups is 3. The molecule has 358 valence electrons. The van der Waals surface area contributed by atoms with Crippen molar-refractivity contribution in [3.05, 3.63) is 48.6 Å². The average Bonchev–Trinajstić information content (AvgIpc) is 3.26. The fraction of sp³-hybridized carbons (Fsp3) is 0.784. The smallest absolute Gasteiger partial charge is 0.335 e. The van der Waals surface area contributed by atoms with Gasteiger partial charge in [-0.3, -0.25) is 9.59 Å². The van der Waals surface area contributed by atoms with Crippen molar-refractivity contribution in [1.29, 1.82) is 0 Å². The van der Waals surface area contributed by atoms with Crippen molar-refractivity contribution in [1.82, 2.24) is 0 Å². The number of carboxylic acid groups (broad SMARTS) is 1. The average molecular weight is 877 g/mol. The predicted molar refractivity (Wildman–Crippen MR) is 248 cm³/mol. The van der Waals surface area contributed by atoms with E-state index in [1.165, 1.54) is 122 Å². The first-order valence-electron chi connectivity index (χ1n) is 24.7. The van der Waals surface area contributed by atoms with Crippen molar-refractivity contribution in [2.75, 3.05) is 13.2 Å². The minimum absolute atomic E-state index is 0.115. The third kappa shape index (κ3) is 31.9. The standard InChI is InChI=1S/C51H88O11/c1-3-5-7-9-11-13-15-17-18-19-20-21-22-23-24-25-26-28-30-32-34-36-38-40-45(53)61-43(42-60-51-48(56)46(54)47(55)49(62-51)50(57)58)41-59-44(52)39-37-35-33-31-29-27-16-14-12-10-8-6-4-2/h6,8,12,14,27,29,33,35,43,46-49,51,54-56H,3-5,7,9-11,13,15-26,28,30-32,34,36-42H2,1-2H3,(H,57,58)/b8-6-,14-12-,29-27-,35-33-. The van der Waals surface area contributed by atoms with Crippen LogP contribution in [0, 0.1) is 0 Å². The van der Waals surface area contributed by atoms with Gasteiger partial charge in [0.1, 0.15) is 24.9 Å². The van der Waals surface area contributed by atoms with Crippen molar-refractivity contribution in [2.45, 2.75) is 243 Å². The van der Waals surface area contributed by atoms with E-state index in [2.05, 4.69) is 50.3 Å². The number of hydrogen-bond acceptors (Lipinski definition) is 10. The monoisotopic (exact) mass is 877 g/mol. The Hall–Kier alpha value is -2.83. The number of aliphatic carboxylic acids is 1. The molecule has 0 amide bonds. The van der Waals surface area contributed by atoms with E-state index < -0.39 is 61.3 Å². The van der Waals surface area contributed by atoms with E-state index in [0.29, 0.717) is 12.8 Å². The van der Waals surface area contributed by atoms with Crippen molar-refractivity contribution < 1.29 is 53.8 Å². The molecule has 4 N–H and O–H groups in total. The fourth-order valence-electron chi connectivity index (χ4n) is 7.36. The second-order valence-corrected chi connectivity index (χ2v) is 16.9. The molecule has 0 radical (unpaired) electrons. The lowest BCUT2D eigenvalue weighted by atomic mass is 9.99. The summed E-state index contributed by atoms with van der Waals surface area (Å²) in [5.74, 6) is -2.54. The summed E-state index contributed by atoms with van der Waals surface area (Å²) >= 11 is 0. The van der Waals surface area contributed by atoms with E-state index in [1.807, 2.05) is 12.2 Å². The Morgan fingerprint density at radius 1 is 0.516 bits per heavy atom. The molecule has 0 bridgehead atoms. The number of hydrogen-bond donors (Lipinski definition) is 4. The molecule has 1 rings (SSSR count). The minimum Gasteiger partial charge on any atom is -0.479 e. The molecular formula is C51H88O11. The molecule has 0 aromatic rings. The van der Waals surface area contributed by atoms with Gasteiger partial charge < -0.3 is 39.4 Å². The largest absolute Gasteiger partial charge is 0.479 e. The van der Waals surface area contributed by atoms with Crippen LogP contribution in [0.25, 0.3) is 0 Å². The molecule has 0 aromatic carbocycles. The maximum atomic E-state index is 12.8. The van der Waals surface area contributed by atoms with Gasteiger partial charge in [-0.2, -0.15) is 0 Å². The Morgan fingerprint density at radius 2 is 0.952 bits per heavy atom. The van der Waals surface area contributed by atoms with Crippen LogP contribution in [0.5, 0.6) is 0 Å². The molecule has 1 heterocycles. The molecule has 1 fully saturated rings.